The first-order valence-electron chi connectivity index (χ1n) is 7.37. The number of rotatable bonds is 4. The van der Waals surface area contributed by atoms with E-state index in [9.17, 15) is 4.79 Å². The number of carbonyl (C=O) groups excluding carboxylic acids is 1. The van der Waals surface area contributed by atoms with Gasteiger partial charge in [-0.2, -0.15) is 5.26 Å². The van der Waals surface area contributed by atoms with Crippen molar-refractivity contribution >= 4 is 6.09 Å². The first-order chi connectivity index (χ1) is 11.2. The second kappa shape index (κ2) is 6.84. The molecule has 1 saturated heterocycles. The minimum atomic E-state index is -0.325. The van der Waals surface area contributed by atoms with Crippen molar-refractivity contribution in [2.75, 3.05) is 13.1 Å². The summed E-state index contributed by atoms with van der Waals surface area (Å²) in [6, 6.07) is 18.6. The molecule has 0 spiro atoms. The standard InChI is InChI=1S/C18H16N2O3/c19-10-14-6-8-16(9-7-14)23-17-11-20(12-17)18(21)22-13-15-4-2-1-3-5-15/h1-9,17H,11-13H2. The molecule has 1 amide bonds. The van der Waals surface area contributed by atoms with Gasteiger partial charge in [0.05, 0.1) is 24.7 Å². The summed E-state index contributed by atoms with van der Waals surface area (Å²) in [4.78, 5) is 13.5. The van der Waals surface area contributed by atoms with E-state index in [4.69, 9.17) is 14.7 Å². The van der Waals surface area contributed by atoms with E-state index >= 15 is 0 Å². The van der Waals surface area contributed by atoms with Crippen LogP contribution < -0.4 is 4.74 Å². The number of benzene rings is 2. The molecule has 1 heterocycles. The molecule has 2 aromatic carbocycles. The molecule has 5 heteroatoms. The number of hydrogen-bond donors (Lipinski definition) is 0. The van der Waals surface area contributed by atoms with Crippen LogP contribution in [0, 0.1) is 11.3 Å². The number of hydrogen-bond acceptors (Lipinski definition) is 4. The highest BCUT2D eigenvalue weighted by atomic mass is 16.6. The lowest BCUT2D eigenvalue weighted by atomic mass is 10.2. The zero-order valence-electron chi connectivity index (χ0n) is 12.5. The Kier molecular flexibility index (Phi) is 4.44. The van der Waals surface area contributed by atoms with E-state index in [1.54, 1.807) is 29.2 Å². The lowest BCUT2D eigenvalue weighted by Gasteiger charge is -2.37. The minimum absolute atomic E-state index is 0.0350. The monoisotopic (exact) mass is 308 g/mol. The predicted octanol–water partition coefficient (Wildman–Crippen LogP) is 2.96. The molecule has 0 atom stereocenters. The van der Waals surface area contributed by atoms with E-state index in [-0.39, 0.29) is 18.8 Å². The number of ether oxygens (including phenoxy) is 2. The summed E-state index contributed by atoms with van der Waals surface area (Å²) < 4.78 is 11.0. The van der Waals surface area contributed by atoms with Gasteiger partial charge in [0.2, 0.25) is 0 Å². The van der Waals surface area contributed by atoms with E-state index in [1.807, 2.05) is 30.3 Å². The highest BCUT2D eigenvalue weighted by Gasteiger charge is 2.33. The Morgan fingerprint density at radius 2 is 1.83 bits per heavy atom. The fourth-order valence-electron chi connectivity index (χ4n) is 2.27. The molecule has 1 aliphatic rings. The summed E-state index contributed by atoms with van der Waals surface area (Å²) in [6.45, 7) is 1.29. The van der Waals surface area contributed by atoms with Gasteiger partial charge < -0.3 is 14.4 Å². The smallest absolute Gasteiger partial charge is 0.410 e. The van der Waals surface area contributed by atoms with Crippen molar-refractivity contribution < 1.29 is 14.3 Å². The molecule has 1 aliphatic heterocycles. The second-order valence-corrected chi connectivity index (χ2v) is 5.32. The van der Waals surface area contributed by atoms with Gasteiger partial charge in [-0.05, 0) is 29.8 Å². The normalized spacial score (nSPS) is 13.8. The molecular weight excluding hydrogens is 292 g/mol. The fourth-order valence-corrected chi connectivity index (χ4v) is 2.27. The molecular formula is C18H16N2O3. The van der Waals surface area contributed by atoms with Crippen molar-refractivity contribution in [3.05, 3.63) is 65.7 Å². The fraction of sp³-hybridized carbons (Fsp3) is 0.222. The molecule has 0 aromatic heterocycles. The summed E-state index contributed by atoms with van der Waals surface area (Å²) in [7, 11) is 0. The van der Waals surface area contributed by atoms with Crippen molar-refractivity contribution in [2.45, 2.75) is 12.7 Å². The van der Waals surface area contributed by atoms with Crippen LogP contribution in [0.4, 0.5) is 4.79 Å². The topological polar surface area (TPSA) is 62.6 Å². The van der Waals surface area contributed by atoms with Gasteiger partial charge in [-0.25, -0.2) is 4.79 Å². The van der Waals surface area contributed by atoms with E-state index in [2.05, 4.69) is 6.07 Å². The number of amides is 1. The molecule has 116 valence electrons. The number of likely N-dealkylation sites (tertiary alicyclic amines) is 1. The van der Waals surface area contributed by atoms with Gasteiger partial charge in [-0.3, -0.25) is 0 Å². The van der Waals surface area contributed by atoms with E-state index in [1.165, 1.54) is 0 Å². The molecule has 0 N–H and O–H groups in total. The largest absolute Gasteiger partial charge is 0.487 e. The maximum absolute atomic E-state index is 11.9. The van der Waals surface area contributed by atoms with Gasteiger partial charge in [0.15, 0.2) is 0 Å². The Balaban J connectivity index is 1.41. The lowest BCUT2D eigenvalue weighted by molar-refractivity contribution is 0.00869. The Bertz CT molecular complexity index is 701. The first-order valence-corrected chi connectivity index (χ1v) is 7.37. The van der Waals surface area contributed by atoms with Gasteiger partial charge in [0, 0.05) is 0 Å². The van der Waals surface area contributed by atoms with Gasteiger partial charge >= 0.3 is 6.09 Å². The molecule has 0 saturated carbocycles. The van der Waals surface area contributed by atoms with Crippen molar-refractivity contribution in [1.82, 2.24) is 4.90 Å². The zero-order chi connectivity index (χ0) is 16.1. The van der Waals surface area contributed by atoms with Crippen LogP contribution in [0.1, 0.15) is 11.1 Å². The average molecular weight is 308 g/mol. The molecule has 2 aromatic rings. The molecule has 3 rings (SSSR count). The predicted molar refractivity (Wildman–Crippen MR) is 83.8 cm³/mol. The van der Waals surface area contributed by atoms with Crippen molar-refractivity contribution in [3.8, 4) is 11.8 Å². The maximum atomic E-state index is 11.9. The molecule has 0 unspecified atom stereocenters. The van der Waals surface area contributed by atoms with Gasteiger partial charge in [0.1, 0.15) is 18.5 Å². The number of carbonyl (C=O) groups is 1. The third kappa shape index (κ3) is 3.80. The van der Waals surface area contributed by atoms with Crippen LogP contribution in [0.25, 0.3) is 0 Å². The summed E-state index contributed by atoms with van der Waals surface area (Å²) in [6.07, 6.45) is -0.360. The highest BCUT2D eigenvalue weighted by molar-refractivity contribution is 5.68. The quantitative estimate of drug-likeness (QED) is 0.871. The van der Waals surface area contributed by atoms with Gasteiger partial charge in [0.25, 0.3) is 0 Å². The number of nitriles is 1. The van der Waals surface area contributed by atoms with Gasteiger partial charge in [-0.1, -0.05) is 30.3 Å². The third-order valence-corrected chi connectivity index (χ3v) is 3.60. The minimum Gasteiger partial charge on any atom is -0.487 e. The summed E-state index contributed by atoms with van der Waals surface area (Å²) in [5.41, 5.74) is 1.56. The van der Waals surface area contributed by atoms with Crippen LogP contribution >= 0.6 is 0 Å². The second-order valence-electron chi connectivity index (χ2n) is 5.32. The highest BCUT2D eigenvalue weighted by Crippen LogP contribution is 2.19. The lowest BCUT2D eigenvalue weighted by Crippen LogP contribution is -2.56. The molecule has 0 bridgehead atoms. The van der Waals surface area contributed by atoms with Crippen molar-refractivity contribution in [2.24, 2.45) is 0 Å². The molecule has 0 aliphatic carbocycles. The van der Waals surface area contributed by atoms with Crippen LogP contribution in [0.3, 0.4) is 0 Å². The van der Waals surface area contributed by atoms with Crippen LogP contribution in [0.5, 0.6) is 5.75 Å². The van der Waals surface area contributed by atoms with E-state index in [0.717, 1.165) is 5.56 Å². The van der Waals surface area contributed by atoms with Crippen LogP contribution in [-0.2, 0) is 11.3 Å². The molecule has 1 fully saturated rings. The Morgan fingerprint density at radius 1 is 1.13 bits per heavy atom. The molecule has 0 radical (unpaired) electrons. The first kappa shape index (κ1) is 14.9. The zero-order valence-corrected chi connectivity index (χ0v) is 12.5. The Labute approximate surface area is 134 Å². The van der Waals surface area contributed by atoms with Crippen LogP contribution in [-0.4, -0.2) is 30.2 Å². The Hall–Kier alpha value is -3.00. The summed E-state index contributed by atoms with van der Waals surface area (Å²) in [5, 5.41) is 8.75. The van der Waals surface area contributed by atoms with Crippen LogP contribution in [0.15, 0.2) is 54.6 Å². The van der Waals surface area contributed by atoms with Crippen molar-refractivity contribution in [3.63, 3.8) is 0 Å². The molecule has 23 heavy (non-hydrogen) atoms. The summed E-state index contributed by atoms with van der Waals surface area (Å²) in [5.74, 6) is 0.700. The maximum Gasteiger partial charge on any atom is 0.410 e. The average Bonchev–Trinajstić information content (AvgIpc) is 2.57. The van der Waals surface area contributed by atoms with Crippen LogP contribution in [0.2, 0.25) is 0 Å². The van der Waals surface area contributed by atoms with Crippen molar-refractivity contribution in [1.29, 1.82) is 5.26 Å². The molecule has 5 nitrogen and oxygen atoms in total. The third-order valence-electron chi connectivity index (χ3n) is 3.60. The SMILES string of the molecule is N#Cc1ccc(OC2CN(C(=O)OCc3ccccc3)C2)cc1. The Morgan fingerprint density at radius 3 is 2.48 bits per heavy atom. The van der Waals surface area contributed by atoms with Gasteiger partial charge in [-0.15, -0.1) is 0 Å². The number of nitrogens with zero attached hydrogens (tertiary/aromatic N) is 2. The van der Waals surface area contributed by atoms with E-state index < -0.39 is 0 Å². The van der Waals surface area contributed by atoms with E-state index in [0.29, 0.717) is 24.4 Å². The summed E-state index contributed by atoms with van der Waals surface area (Å²) >= 11 is 0.